The zero-order chi connectivity index (χ0) is 17.5. The van der Waals surface area contributed by atoms with Crippen LogP contribution in [0.4, 0.5) is 10.1 Å². The van der Waals surface area contributed by atoms with E-state index in [4.69, 9.17) is 4.74 Å². The van der Waals surface area contributed by atoms with Crippen molar-refractivity contribution < 1.29 is 13.9 Å². The Balaban J connectivity index is 1.52. The van der Waals surface area contributed by atoms with Gasteiger partial charge in [-0.25, -0.2) is 4.39 Å². The van der Waals surface area contributed by atoms with E-state index in [0.717, 1.165) is 6.42 Å². The van der Waals surface area contributed by atoms with E-state index in [-0.39, 0.29) is 11.7 Å². The Labute approximate surface area is 146 Å². The molecule has 3 aromatic carbocycles. The fourth-order valence-electron chi connectivity index (χ4n) is 2.37. The van der Waals surface area contributed by atoms with E-state index in [1.165, 1.54) is 29.8 Å². The van der Waals surface area contributed by atoms with E-state index in [9.17, 15) is 9.18 Å². The molecule has 4 heteroatoms. The minimum absolute atomic E-state index is 0.248. The van der Waals surface area contributed by atoms with E-state index in [0.29, 0.717) is 23.6 Å². The largest absolute Gasteiger partial charge is 0.493 e. The number of ether oxygens (including phenoxy) is 1. The average molecular weight is 335 g/mol. The van der Waals surface area contributed by atoms with Gasteiger partial charge in [0.15, 0.2) is 0 Å². The Kier molecular flexibility index (Phi) is 5.42. The molecular formula is C21H18FNO2. The smallest absolute Gasteiger partial charge is 0.255 e. The normalized spacial score (nSPS) is 10.3. The van der Waals surface area contributed by atoms with Crippen molar-refractivity contribution in [1.82, 2.24) is 0 Å². The van der Waals surface area contributed by atoms with Crippen LogP contribution < -0.4 is 10.1 Å². The highest BCUT2D eigenvalue weighted by Gasteiger charge is 2.06. The maximum Gasteiger partial charge on any atom is 0.255 e. The molecule has 0 radical (unpaired) electrons. The van der Waals surface area contributed by atoms with Crippen LogP contribution in [0.25, 0.3) is 0 Å². The zero-order valence-corrected chi connectivity index (χ0v) is 13.6. The van der Waals surface area contributed by atoms with Gasteiger partial charge in [-0.05, 0) is 54.1 Å². The fourth-order valence-corrected chi connectivity index (χ4v) is 2.37. The molecule has 126 valence electrons. The van der Waals surface area contributed by atoms with Gasteiger partial charge in [-0.3, -0.25) is 4.79 Å². The van der Waals surface area contributed by atoms with Gasteiger partial charge in [0.2, 0.25) is 0 Å². The summed E-state index contributed by atoms with van der Waals surface area (Å²) in [6.45, 7) is 0.575. The van der Waals surface area contributed by atoms with Crippen LogP contribution in [0, 0.1) is 5.82 Å². The van der Waals surface area contributed by atoms with Gasteiger partial charge in [0, 0.05) is 17.7 Å². The Morgan fingerprint density at radius 3 is 2.24 bits per heavy atom. The molecule has 0 bridgehead atoms. The molecule has 3 rings (SSSR count). The highest BCUT2D eigenvalue weighted by atomic mass is 19.1. The monoisotopic (exact) mass is 335 g/mol. The lowest BCUT2D eigenvalue weighted by Crippen LogP contribution is -2.11. The molecule has 0 saturated carbocycles. The van der Waals surface area contributed by atoms with Crippen molar-refractivity contribution in [1.29, 1.82) is 0 Å². The molecule has 0 aliphatic rings. The molecule has 25 heavy (non-hydrogen) atoms. The van der Waals surface area contributed by atoms with Crippen molar-refractivity contribution >= 4 is 11.6 Å². The molecule has 3 aromatic rings. The van der Waals surface area contributed by atoms with Gasteiger partial charge in [0.05, 0.1) is 6.61 Å². The summed E-state index contributed by atoms with van der Waals surface area (Å²) < 4.78 is 18.6. The van der Waals surface area contributed by atoms with Crippen LogP contribution >= 0.6 is 0 Å². The van der Waals surface area contributed by atoms with Crippen molar-refractivity contribution in [3.63, 3.8) is 0 Å². The lowest BCUT2D eigenvalue weighted by molar-refractivity contribution is 0.102. The molecule has 0 aliphatic carbocycles. The van der Waals surface area contributed by atoms with Crippen LogP contribution in [-0.4, -0.2) is 12.5 Å². The third-order valence-corrected chi connectivity index (χ3v) is 3.72. The summed E-state index contributed by atoms with van der Waals surface area (Å²) >= 11 is 0. The summed E-state index contributed by atoms with van der Waals surface area (Å²) in [5.41, 5.74) is 2.28. The topological polar surface area (TPSA) is 38.3 Å². The molecule has 0 unspecified atom stereocenters. The summed E-state index contributed by atoms with van der Waals surface area (Å²) in [6.07, 6.45) is 0.827. The zero-order valence-electron chi connectivity index (χ0n) is 13.6. The van der Waals surface area contributed by atoms with Crippen LogP contribution in [0.1, 0.15) is 15.9 Å². The summed E-state index contributed by atoms with van der Waals surface area (Å²) in [7, 11) is 0. The lowest BCUT2D eigenvalue weighted by atomic mass is 10.2. The van der Waals surface area contributed by atoms with Crippen LogP contribution in [0.5, 0.6) is 5.75 Å². The van der Waals surface area contributed by atoms with E-state index in [2.05, 4.69) is 17.4 Å². The fraction of sp³-hybridized carbons (Fsp3) is 0.0952. The van der Waals surface area contributed by atoms with Gasteiger partial charge < -0.3 is 10.1 Å². The van der Waals surface area contributed by atoms with E-state index in [1.807, 2.05) is 18.2 Å². The standard InChI is InChI=1S/C21H18FNO2/c22-18-8-10-19(11-9-18)23-21(24)17-6-12-20(13-7-17)25-15-14-16-4-2-1-3-5-16/h1-13H,14-15H2,(H,23,24). The van der Waals surface area contributed by atoms with Gasteiger partial charge >= 0.3 is 0 Å². The number of hydrogen-bond acceptors (Lipinski definition) is 2. The minimum Gasteiger partial charge on any atom is -0.493 e. The highest BCUT2D eigenvalue weighted by Crippen LogP contribution is 2.15. The number of hydrogen-bond donors (Lipinski definition) is 1. The second-order valence-corrected chi connectivity index (χ2v) is 5.57. The molecule has 0 saturated heterocycles. The predicted octanol–water partition coefficient (Wildman–Crippen LogP) is 4.70. The van der Waals surface area contributed by atoms with Crippen molar-refractivity contribution in [2.24, 2.45) is 0 Å². The predicted molar refractivity (Wildman–Crippen MR) is 96.4 cm³/mol. The summed E-state index contributed by atoms with van der Waals surface area (Å²) in [5, 5.41) is 2.72. The van der Waals surface area contributed by atoms with Crippen LogP contribution in [0.2, 0.25) is 0 Å². The van der Waals surface area contributed by atoms with Gasteiger partial charge in [0.1, 0.15) is 11.6 Å². The Hall–Kier alpha value is -3.14. The summed E-state index contributed by atoms with van der Waals surface area (Å²) in [5.74, 6) is 0.131. The molecular weight excluding hydrogens is 317 g/mol. The number of carbonyl (C=O) groups is 1. The molecule has 0 spiro atoms. The van der Waals surface area contributed by atoms with E-state index < -0.39 is 0 Å². The number of benzene rings is 3. The molecule has 0 heterocycles. The second-order valence-electron chi connectivity index (χ2n) is 5.57. The van der Waals surface area contributed by atoms with Gasteiger partial charge in [0.25, 0.3) is 5.91 Å². The molecule has 1 N–H and O–H groups in total. The van der Waals surface area contributed by atoms with E-state index in [1.54, 1.807) is 24.3 Å². The maximum absolute atomic E-state index is 12.9. The van der Waals surface area contributed by atoms with Crippen LogP contribution in [0.15, 0.2) is 78.9 Å². The maximum atomic E-state index is 12.9. The molecule has 0 fully saturated rings. The average Bonchev–Trinajstić information content (AvgIpc) is 2.65. The van der Waals surface area contributed by atoms with Gasteiger partial charge in [-0.2, -0.15) is 0 Å². The summed E-state index contributed by atoms with van der Waals surface area (Å²) in [6, 6.07) is 22.7. The number of halogens is 1. The quantitative estimate of drug-likeness (QED) is 0.709. The third kappa shape index (κ3) is 4.91. The Morgan fingerprint density at radius 1 is 0.880 bits per heavy atom. The van der Waals surface area contributed by atoms with E-state index >= 15 is 0 Å². The number of anilines is 1. The van der Waals surface area contributed by atoms with Crippen molar-refractivity contribution in [3.05, 3.63) is 95.8 Å². The van der Waals surface area contributed by atoms with Crippen molar-refractivity contribution in [3.8, 4) is 5.75 Å². The number of nitrogens with one attached hydrogen (secondary N) is 1. The number of amides is 1. The number of rotatable bonds is 6. The highest BCUT2D eigenvalue weighted by molar-refractivity contribution is 6.04. The van der Waals surface area contributed by atoms with Crippen LogP contribution in [0.3, 0.4) is 0 Å². The molecule has 3 nitrogen and oxygen atoms in total. The Bertz CT molecular complexity index is 815. The first kappa shape index (κ1) is 16.7. The van der Waals surface area contributed by atoms with Gasteiger partial charge in [-0.1, -0.05) is 30.3 Å². The first-order valence-corrected chi connectivity index (χ1v) is 8.04. The molecule has 0 aromatic heterocycles. The second kappa shape index (κ2) is 8.11. The minimum atomic E-state index is -0.338. The molecule has 0 aliphatic heterocycles. The SMILES string of the molecule is O=C(Nc1ccc(F)cc1)c1ccc(OCCc2ccccc2)cc1. The molecule has 1 amide bonds. The van der Waals surface area contributed by atoms with Gasteiger partial charge in [-0.15, -0.1) is 0 Å². The first-order chi connectivity index (χ1) is 12.2. The van der Waals surface area contributed by atoms with Crippen LogP contribution in [-0.2, 0) is 6.42 Å². The van der Waals surface area contributed by atoms with Crippen molar-refractivity contribution in [2.75, 3.05) is 11.9 Å². The lowest BCUT2D eigenvalue weighted by Gasteiger charge is -2.08. The summed E-state index contributed by atoms with van der Waals surface area (Å²) in [4.78, 5) is 12.2. The number of carbonyl (C=O) groups excluding carboxylic acids is 1. The first-order valence-electron chi connectivity index (χ1n) is 8.04. The molecule has 0 atom stereocenters. The van der Waals surface area contributed by atoms with Crippen molar-refractivity contribution in [2.45, 2.75) is 6.42 Å². The third-order valence-electron chi connectivity index (χ3n) is 3.72. The Morgan fingerprint density at radius 2 is 1.56 bits per heavy atom.